The molecule has 27 heavy (non-hydrogen) atoms. The molecule has 0 amide bonds. The number of hydrogen-bond donors (Lipinski definition) is 1. The summed E-state index contributed by atoms with van der Waals surface area (Å²) in [4.78, 5) is 17.5. The van der Waals surface area contributed by atoms with Crippen molar-refractivity contribution in [2.45, 2.75) is 13.0 Å². The van der Waals surface area contributed by atoms with Crippen molar-refractivity contribution in [3.05, 3.63) is 84.1 Å². The third-order valence-corrected chi connectivity index (χ3v) is 4.39. The van der Waals surface area contributed by atoms with Crippen molar-refractivity contribution in [3.8, 4) is 5.88 Å². The number of aromatic nitrogens is 4. The van der Waals surface area contributed by atoms with E-state index in [1.165, 1.54) is 0 Å². The molecule has 0 bridgehead atoms. The van der Waals surface area contributed by atoms with Gasteiger partial charge in [-0.25, -0.2) is 4.98 Å². The summed E-state index contributed by atoms with van der Waals surface area (Å²) in [5.41, 5.74) is 5.86. The molecule has 0 saturated heterocycles. The zero-order chi connectivity index (χ0) is 18.6. The number of anilines is 1. The maximum absolute atomic E-state index is 5.18. The van der Waals surface area contributed by atoms with Gasteiger partial charge in [-0.3, -0.25) is 15.0 Å². The zero-order valence-electron chi connectivity index (χ0n) is 15.1. The number of benzene rings is 1. The molecule has 0 saturated carbocycles. The fourth-order valence-electron chi connectivity index (χ4n) is 3.09. The highest BCUT2D eigenvalue weighted by atomic mass is 16.5. The van der Waals surface area contributed by atoms with Gasteiger partial charge >= 0.3 is 0 Å². The van der Waals surface area contributed by atoms with E-state index in [1.807, 2.05) is 49.6 Å². The lowest BCUT2D eigenvalue weighted by molar-refractivity contribution is 0.397. The van der Waals surface area contributed by atoms with Crippen molar-refractivity contribution in [2.75, 3.05) is 12.4 Å². The van der Waals surface area contributed by atoms with Crippen LogP contribution in [0, 0.1) is 6.92 Å². The van der Waals surface area contributed by atoms with E-state index < -0.39 is 0 Å². The number of nitrogens with zero attached hydrogens (tertiary/aromatic N) is 4. The highest BCUT2D eigenvalue weighted by Gasteiger charge is 2.16. The summed E-state index contributed by atoms with van der Waals surface area (Å²) < 4.78 is 5.18. The van der Waals surface area contributed by atoms with Gasteiger partial charge in [0.05, 0.1) is 24.2 Å². The van der Waals surface area contributed by atoms with Crippen LogP contribution in [-0.2, 0) is 0 Å². The van der Waals surface area contributed by atoms with Gasteiger partial charge in [0, 0.05) is 42.7 Å². The average molecular weight is 357 g/mol. The van der Waals surface area contributed by atoms with E-state index in [1.54, 1.807) is 25.7 Å². The van der Waals surface area contributed by atoms with Crippen LogP contribution in [0.3, 0.4) is 0 Å². The topological polar surface area (TPSA) is 72.8 Å². The highest BCUT2D eigenvalue weighted by molar-refractivity contribution is 5.82. The minimum atomic E-state index is -0.106. The van der Waals surface area contributed by atoms with Crippen LogP contribution in [0.1, 0.15) is 22.7 Å². The molecule has 6 nitrogen and oxygen atoms in total. The van der Waals surface area contributed by atoms with Crippen molar-refractivity contribution >= 4 is 16.7 Å². The first-order valence-electron chi connectivity index (χ1n) is 8.62. The van der Waals surface area contributed by atoms with Crippen LogP contribution in [0.15, 0.2) is 67.4 Å². The van der Waals surface area contributed by atoms with E-state index >= 15 is 0 Å². The Morgan fingerprint density at radius 2 is 1.78 bits per heavy atom. The molecule has 1 atom stereocenters. The van der Waals surface area contributed by atoms with Crippen molar-refractivity contribution in [2.24, 2.45) is 0 Å². The van der Waals surface area contributed by atoms with Crippen LogP contribution in [0.5, 0.6) is 5.88 Å². The van der Waals surface area contributed by atoms with Crippen molar-refractivity contribution in [1.82, 2.24) is 19.9 Å². The first-order valence-corrected chi connectivity index (χ1v) is 8.62. The minimum absolute atomic E-state index is 0.106. The van der Waals surface area contributed by atoms with Gasteiger partial charge < -0.3 is 10.1 Å². The Labute approximate surface area is 157 Å². The second-order valence-electron chi connectivity index (χ2n) is 6.21. The maximum atomic E-state index is 5.18. The normalized spacial score (nSPS) is 11.9. The molecule has 3 aromatic heterocycles. The fourth-order valence-corrected chi connectivity index (χ4v) is 3.09. The van der Waals surface area contributed by atoms with E-state index in [0.29, 0.717) is 5.88 Å². The fraction of sp³-hybridized carbons (Fsp3) is 0.143. The lowest BCUT2D eigenvalue weighted by Gasteiger charge is -2.21. The molecule has 0 radical (unpaired) electrons. The number of methoxy groups -OCH3 is 1. The monoisotopic (exact) mass is 357 g/mol. The predicted molar refractivity (Wildman–Crippen MR) is 105 cm³/mol. The van der Waals surface area contributed by atoms with E-state index in [4.69, 9.17) is 4.74 Å². The van der Waals surface area contributed by atoms with Gasteiger partial charge in [0.25, 0.3) is 0 Å². The van der Waals surface area contributed by atoms with Crippen LogP contribution in [0.25, 0.3) is 11.0 Å². The SMILES string of the molecule is COc1ccc(C(Nc2cc(C)c3nccnc3c2)c2cccnc2)cn1. The molecule has 6 heteroatoms. The second kappa shape index (κ2) is 7.37. The number of aryl methyl sites for hydroxylation is 1. The van der Waals surface area contributed by atoms with Gasteiger partial charge in [0.15, 0.2) is 0 Å². The number of pyridine rings is 2. The molecular formula is C21H19N5O. The summed E-state index contributed by atoms with van der Waals surface area (Å²) in [7, 11) is 1.61. The first kappa shape index (κ1) is 16.9. The summed E-state index contributed by atoms with van der Waals surface area (Å²) in [5.74, 6) is 0.584. The Kier molecular flexibility index (Phi) is 4.61. The molecule has 0 aliphatic carbocycles. The Morgan fingerprint density at radius 3 is 2.52 bits per heavy atom. The van der Waals surface area contributed by atoms with Gasteiger partial charge in [-0.2, -0.15) is 0 Å². The summed E-state index contributed by atoms with van der Waals surface area (Å²) >= 11 is 0. The molecular weight excluding hydrogens is 338 g/mol. The standard InChI is InChI=1S/C21H19N5O/c1-14-10-17(11-18-20(14)24-9-8-23-18)26-21(15-4-3-7-22-12-15)16-5-6-19(27-2)25-13-16/h3-13,21,26H,1-2H3. The smallest absolute Gasteiger partial charge is 0.212 e. The third-order valence-electron chi connectivity index (χ3n) is 4.39. The number of nitrogens with one attached hydrogen (secondary N) is 1. The number of hydrogen-bond acceptors (Lipinski definition) is 6. The molecule has 3 heterocycles. The highest BCUT2D eigenvalue weighted by Crippen LogP contribution is 2.29. The van der Waals surface area contributed by atoms with Crippen LogP contribution < -0.4 is 10.1 Å². The van der Waals surface area contributed by atoms with E-state index in [2.05, 4.69) is 31.3 Å². The number of rotatable bonds is 5. The molecule has 0 fully saturated rings. The lowest BCUT2D eigenvalue weighted by Crippen LogP contribution is -2.13. The second-order valence-corrected chi connectivity index (χ2v) is 6.21. The Bertz CT molecular complexity index is 1050. The molecule has 4 rings (SSSR count). The quantitative estimate of drug-likeness (QED) is 0.583. The van der Waals surface area contributed by atoms with Gasteiger partial charge in [-0.1, -0.05) is 6.07 Å². The van der Waals surface area contributed by atoms with Gasteiger partial charge in [-0.15, -0.1) is 0 Å². The first-order chi connectivity index (χ1) is 13.2. The molecule has 134 valence electrons. The van der Waals surface area contributed by atoms with Crippen LogP contribution in [0.4, 0.5) is 5.69 Å². The van der Waals surface area contributed by atoms with E-state index in [-0.39, 0.29) is 6.04 Å². The predicted octanol–water partition coefficient (Wildman–Crippen LogP) is 3.94. The Balaban J connectivity index is 1.75. The average Bonchev–Trinajstić information content (AvgIpc) is 2.73. The van der Waals surface area contributed by atoms with Gasteiger partial charge in [0.1, 0.15) is 0 Å². The van der Waals surface area contributed by atoms with Gasteiger partial charge in [0.2, 0.25) is 5.88 Å². The molecule has 0 spiro atoms. The molecule has 4 aromatic rings. The third kappa shape index (κ3) is 3.55. The van der Waals surface area contributed by atoms with Crippen molar-refractivity contribution in [1.29, 1.82) is 0 Å². The zero-order valence-corrected chi connectivity index (χ0v) is 15.1. The van der Waals surface area contributed by atoms with Gasteiger partial charge in [-0.05, 0) is 47.9 Å². The van der Waals surface area contributed by atoms with E-state index in [0.717, 1.165) is 33.4 Å². The van der Waals surface area contributed by atoms with Crippen molar-refractivity contribution < 1.29 is 4.74 Å². The summed E-state index contributed by atoms with van der Waals surface area (Å²) in [6, 6.07) is 11.8. The summed E-state index contributed by atoms with van der Waals surface area (Å²) in [6.45, 7) is 2.04. The summed E-state index contributed by atoms with van der Waals surface area (Å²) in [5, 5.41) is 3.59. The van der Waals surface area contributed by atoms with Crippen LogP contribution in [0.2, 0.25) is 0 Å². The summed E-state index contributed by atoms with van der Waals surface area (Å²) in [6.07, 6.45) is 8.86. The Hall–Kier alpha value is -3.54. The lowest BCUT2D eigenvalue weighted by atomic mass is 10.0. The van der Waals surface area contributed by atoms with Crippen molar-refractivity contribution in [3.63, 3.8) is 0 Å². The molecule has 0 aliphatic heterocycles. The van der Waals surface area contributed by atoms with Crippen LogP contribution in [-0.4, -0.2) is 27.0 Å². The molecule has 0 aliphatic rings. The van der Waals surface area contributed by atoms with E-state index in [9.17, 15) is 0 Å². The largest absolute Gasteiger partial charge is 0.481 e. The number of fused-ring (bicyclic) bond motifs is 1. The maximum Gasteiger partial charge on any atom is 0.212 e. The minimum Gasteiger partial charge on any atom is -0.481 e. The molecule has 1 aromatic carbocycles. The van der Waals surface area contributed by atoms with Crippen LogP contribution >= 0.6 is 0 Å². The Morgan fingerprint density at radius 1 is 0.926 bits per heavy atom. The molecule has 1 N–H and O–H groups in total. The molecule has 1 unspecified atom stereocenters. The number of ether oxygens (including phenoxy) is 1.